The Kier molecular flexibility index (Phi) is 4.17. The fraction of sp³-hybridized carbons (Fsp3) is 0.750. The first kappa shape index (κ1) is 19.1. The summed E-state index contributed by atoms with van der Waals surface area (Å²) < 4.78 is 0. The van der Waals surface area contributed by atoms with E-state index in [0.717, 1.165) is 25.7 Å². The first-order chi connectivity index (χ1) is 12.6. The van der Waals surface area contributed by atoms with E-state index in [1.165, 1.54) is 11.1 Å². The second kappa shape index (κ2) is 5.89. The van der Waals surface area contributed by atoms with Gasteiger partial charge in [-0.25, -0.2) is 0 Å². The maximum absolute atomic E-state index is 12.9. The van der Waals surface area contributed by atoms with Gasteiger partial charge in [-0.2, -0.15) is 0 Å². The van der Waals surface area contributed by atoms with E-state index >= 15 is 0 Å². The third-order valence-corrected chi connectivity index (χ3v) is 9.00. The number of rotatable bonds is 2. The Labute approximate surface area is 163 Å². The molecule has 27 heavy (non-hydrogen) atoms. The second-order valence-electron chi connectivity index (χ2n) is 10.2. The Morgan fingerprint density at radius 1 is 1.30 bits per heavy atom. The average Bonchev–Trinajstić information content (AvgIpc) is 2.84. The molecule has 0 heterocycles. The smallest absolute Gasteiger partial charge is 0.164 e. The fourth-order valence-corrected chi connectivity index (χ4v) is 7.39. The van der Waals surface area contributed by atoms with Crippen molar-refractivity contribution in [3.05, 3.63) is 23.3 Å². The minimum absolute atomic E-state index is 0.00224. The molecule has 1 N–H and O–H groups in total. The molecule has 4 aliphatic rings. The van der Waals surface area contributed by atoms with Gasteiger partial charge in [0, 0.05) is 23.7 Å². The summed E-state index contributed by atoms with van der Waals surface area (Å²) in [5.41, 5.74) is 1.19. The van der Waals surface area contributed by atoms with Crippen LogP contribution in [-0.2, 0) is 9.59 Å². The molecule has 4 aliphatic carbocycles. The molecule has 0 amide bonds. The lowest BCUT2D eigenvalue weighted by molar-refractivity contribution is -0.158. The zero-order valence-corrected chi connectivity index (χ0v) is 17.5. The highest BCUT2D eigenvalue weighted by Gasteiger charge is 2.67. The van der Waals surface area contributed by atoms with Crippen LogP contribution in [0.4, 0.5) is 0 Å². The normalized spacial score (nSPS) is 48.9. The summed E-state index contributed by atoms with van der Waals surface area (Å²) in [5.74, 6) is 1.45. The molecule has 0 bridgehead atoms. The van der Waals surface area contributed by atoms with Gasteiger partial charge >= 0.3 is 0 Å². The van der Waals surface area contributed by atoms with Crippen molar-refractivity contribution in [2.75, 3.05) is 0 Å². The summed E-state index contributed by atoms with van der Waals surface area (Å²) in [7, 11) is 0. The molecule has 2 saturated carbocycles. The molecule has 3 heteroatoms. The molecular weight excluding hydrogens is 336 g/mol. The Bertz CT molecular complexity index is 762. The molecule has 0 aromatic heterocycles. The van der Waals surface area contributed by atoms with Gasteiger partial charge in [-0.05, 0) is 55.4 Å². The van der Waals surface area contributed by atoms with E-state index < -0.39 is 5.60 Å². The van der Waals surface area contributed by atoms with Crippen LogP contribution in [0.1, 0.15) is 73.1 Å². The quantitative estimate of drug-likeness (QED) is 0.721. The zero-order valence-electron chi connectivity index (χ0n) is 17.5. The summed E-state index contributed by atoms with van der Waals surface area (Å²) >= 11 is 0. The Hall–Kier alpha value is -1.22. The van der Waals surface area contributed by atoms with Gasteiger partial charge in [0.05, 0.1) is 0 Å². The molecule has 7 atom stereocenters. The van der Waals surface area contributed by atoms with Crippen LogP contribution in [0, 0.1) is 34.5 Å². The number of hydrogen-bond acceptors (Lipinski definition) is 3. The number of ketones is 2. The number of fused-ring (bicyclic) bond motifs is 5. The van der Waals surface area contributed by atoms with Crippen molar-refractivity contribution in [1.29, 1.82) is 0 Å². The van der Waals surface area contributed by atoms with Crippen molar-refractivity contribution in [1.82, 2.24) is 0 Å². The van der Waals surface area contributed by atoms with Crippen molar-refractivity contribution < 1.29 is 14.7 Å². The zero-order chi connectivity index (χ0) is 19.8. The maximum Gasteiger partial charge on any atom is 0.164 e. The van der Waals surface area contributed by atoms with Gasteiger partial charge in [0.15, 0.2) is 11.6 Å². The maximum atomic E-state index is 12.9. The van der Waals surface area contributed by atoms with E-state index in [2.05, 4.69) is 33.8 Å². The van der Waals surface area contributed by atoms with Crippen molar-refractivity contribution in [3.63, 3.8) is 0 Å². The minimum atomic E-state index is -1.21. The van der Waals surface area contributed by atoms with Gasteiger partial charge in [-0.1, -0.05) is 51.8 Å². The highest BCUT2D eigenvalue weighted by molar-refractivity contribution is 5.92. The highest BCUT2D eigenvalue weighted by Crippen LogP contribution is 2.68. The Morgan fingerprint density at radius 2 is 2.00 bits per heavy atom. The van der Waals surface area contributed by atoms with Crippen LogP contribution in [-0.4, -0.2) is 22.3 Å². The van der Waals surface area contributed by atoms with E-state index in [1.54, 1.807) is 0 Å². The lowest BCUT2D eigenvalue weighted by Gasteiger charge is -2.56. The van der Waals surface area contributed by atoms with Crippen LogP contribution in [0.25, 0.3) is 0 Å². The van der Waals surface area contributed by atoms with Crippen LogP contribution in [0.5, 0.6) is 0 Å². The third kappa shape index (κ3) is 2.24. The molecule has 0 aromatic carbocycles. The SMILES string of the molecule is CCC(=O)[C@@]1(O)[C@@H](C)CC2C3C(=CC[C@@]21C)[C@@]1(C)CCC(=O)C=C1CC3C. The first-order valence-corrected chi connectivity index (χ1v) is 10.8. The number of allylic oxidation sites excluding steroid dienone is 4. The van der Waals surface area contributed by atoms with Crippen LogP contribution in [0.2, 0.25) is 0 Å². The van der Waals surface area contributed by atoms with E-state index in [9.17, 15) is 14.7 Å². The number of Topliss-reactive ketones (excluding diaryl/α,β-unsaturated/α-hetero) is 1. The first-order valence-electron chi connectivity index (χ1n) is 10.8. The van der Waals surface area contributed by atoms with Gasteiger partial charge in [0.25, 0.3) is 0 Å². The molecule has 0 saturated heterocycles. The molecule has 0 spiro atoms. The molecule has 0 aliphatic heterocycles. The van der Waals surface area contributed by atoms with Gasteiger partial charge in [0.2, 0.25) is 0 Å². The molecule has 3 unspecified atom stereocenters. The fourth-order valence-electron chi connectivity index (χ4n) is 7.39. The summed E-state index contributed by atoms with van der Waals surface area (Å²) in [6.45, 7) is 10.7. The van der Waals surface area contributed by atoms with E-state index in [-0.39, 0.29) is 28.3 Å². The third-order valence-electron chi connectivity index (χ3n) is 9.00. The summed E-state index contributed by atoms with van der Waals surface area (Å²) in [6, 6.07) is 0. The number of aliphatic hydroxyl groups is 1. The number of carbonyl (C=O) groups is 2. The average molecular weight is 371 g/mol. The van der Waals surface area contributed by atoms with Gasteiger partial charge in [-0.3, -0.25) is 9.59 Å². The Balaban J connectivity index is 1.82. The van der Waals surface area contributed by atoms with Crippen LogP contribution in [0.15, 0.2) is 23.3 Å². The largest absolute Gasteiger partial charge is 0.381 e. The minimum Gasteiger partial charge on any atom is -0.381 e. The van der Waals surface area contributed by atoms with Crippen LogP contribution >= 0.6 is 0 Å². The topological polar surface area (TPSA) is 54.4 Å². The molecule has 4 rings (SSSR count). The van der Waals surface area contributed by atoms with Crippen LogP contribution < -0.4 is 0 Å². The Morgan fingerprint density at radius 3 is 2.67 bits per heavy atom. The number of carbonyl (C=O) groups excluding carboxylic acids is 2. The predicted octanol–water partition coefficient (Wildman–Crippen LogP) is 4.64. The van der Waals surface area contributed by atoms with Gasteiger partial charge in [-0.15, -0.1) is 0 Å². The predicted molar refractivity (Wildman–Crippen MR) is 106 cm³/mol. The van der Waals surface area contributed by atoms with E-state index in [0.29, 0.717) is 30.6 Å². The summed E-state index contributed by atoms with van der Waals surface area (Å²) in [6.07, 6.45) is 8.85. The second-order valence-corrected chi connectivity index (χ2v) is 10.2. The lowest BCUT2D eigenvalue weighted by atomic mass is 9.48. The monoisotopic (exact) mass is 370 g/mol. The van der Waals surface area contributed by atoms with Gasteiger partial charge < -0.3 is 5.11 Å². The highest BCUT2D eigenvalue weighted by atomic mass is 16.3. The molecule has 2 fully saturated rings. The van der Waals surface area contributed by atoms with Crippen molar-refractivity contribution in [2.45, 2.75) is 78.7 Å². The van der Waals surface area contributed by atoms with Crippen molar-refractivity contribution >= 4 is 11.6 Å². The molecule has 3 nitrogen and oxygen atoms in total. The van der Waals surface area contributed by atoms with E-state index in [1.807, 2.05) is 13.0 Å². The molecule has 0 aromatic rings. The van der Waals surface area contributed by atoms with Crippen molar-refractivity contribution in [3.8, 4) is 0 Å². The molecular formula is C24H34O3. The van der Waals surface area contributed by atoms with E-state index in [4.69, 9.17) is 0 Å². The molecule has 0 radical (unpaired) electrons. The summed E-state index contributed by atoms with van der Waals surface area (Å²) in [4.78, 5) is 24.9. The van der Waals surface area contributed by atoms with Crippen molar-refractivity contribution in [2.24, 2.45) is 34.5 Å². The lowest BCUT2D eigenvalue weighted by Crippen LogP contribution is -2.57. The standard InChI is InChI=1S/C24H34O3/c1-6-20(26)24(27)15(3)12-19-21-14(2)11-16-13-17(25)7-9-22(16,4)18(21)8-10-23(19,24)5/h8,13-15,19,21,27H,6-7,9-12H2,1-5H3/t14?,15-,19?,21?,22-,23-,24-/m0/s1. The summed E-state index contributed by atoms with van der Waals surface area (Å²) in [5, 5.41) is 11.7. The molecule has 148 valence electrons. The number of hydrogen-bond donors (Lipinski definition) is 1. The van der Waals surface area contributed by atoms with Crippen LogP contribution in [0.3, 0.4) is 0 Å². The van der Waals surface area contributed by atoms with Gasteiger partial charge in [0.1, 0.15) is 5.60 Å².